The fourth-order valence-corrected chi connectivity index (χ4v) is 1.80. The number of rotatable bonds is 3. The summed E-state index contributed by atoms with van der Waals surface area (Å²) in [6.45, 7) is 2.06. The highest BCUT2D eigenvalue weighted by Gasteiger charge is 2.15. The number of esters is 1. The van der Waals surface area contributed by atoms with E-state index in [4.69, 9.17) is 4.74 Å². The minimum atomic E-state index is -0.339. The predicted molar refractivity (Wildman–Crippen MR) is 57.3 cm³/mol. The summed E-state index contributed by atoms with van der Waals surface area (Å²) >= 11 is 3.25. The van der Waals surface area contributed by atoms with Gasteiger partial charge in [0.25, 0.3) is 0 Å². The summed E-state index contributed by atoms with van der Waals surface area (Å²) in [4.78, 5) is 15.4. The smallest absolute Gasteiger partial charge is 0.340 e. The molecule has 0 unspecified atom stereocenters. The summed E-state index contributed by atoms with van der Waals surface area (Å²) < 4.78 is 5.25. The first-order valence-corrected chi connectivity index (χ1v) is 5.21. The molecule has 3 nitrogen and oxygen atoms in total. The Hall–Kier alpha value is -0.900. The highest BCUT2D eigenvalue weighted by Crippen LogP contribution is 2.20. The normalized spacial score (nSPS) is 9.93. The second-order valence-corrected chi connectivity index (χ2v) is 3.63. The number of carbonyl (C=O) groups is 1. The van der Waals surface area contributed by atoms with Crippen molar-refractivity contribution in [1.29, 1.82) is 0 Å². The quantitative estimate of drug-likeness (QED) is 0.617. The van der Waals surface area contributed by atoms with E-state index in [1.165, 1.54) is 7.11 Å². The minimum absolute atomic E-state index is 0.339. The van der Waals surface area contributed by atoms with Crippen LogP contribution in [0.1, 0.15) is 29.3 Å². The summed E-state index contributed by atoms with van der Waals surface area (Å²) in [6.07, 6.45) is 3.52. The van der Waals surface area contributed by atoms with E-state index < -0.39 is 0 Å². The largest absolute Gasteiger partial charge is 0.465 e. The third-order valence-electron chi connectivity index (χ3n) is 1.90. The molecule has 0 aliphatic heterocycles. The summed E-state index contributed by atoms with van der Waals surface area (Å²) in [7, 11) is 1.37. The Morgan fingerprint density at radius 2 is 2.36 bits per heavy atom. The van der Waals surface area contributed by atoms with Crippen molar-refractivity contribution in [2.45, 2.75) is 19.8 Å². The Labute approximate surface area is 91.6 Å². The highest BCUT2D eigenvalue weighted by atomic mass is 79.9. The predicted octanol–water partition coefficient (Wildman–Crippen LogP) is 2.58. The van der Waals surface area contributed by atoms with Crippen LogP contribution in [-0.4, -0.2) is 18.1 Å². The molecular formula is C10H12BrNO2. The molecule has 0 bridgehead atoms. The lowest BCUT2D eigenvalue weighted by Crippen LogP contribution is -2.07. The number of halogens is 1. The van der Waals surface area contributed by atoms with Gasteiger partial charge in [-0.1, -0.05) is 13.3 Å². The molecule has 0 N–H and O–H groups in total. The van der Waals surface area contributed by atoms with Gasteiger partial charge in [0.2, 0.25) is 0 Å². The van der Waals surface area contributed by atoms with Gasteiger partial charge in [-0.15, -0.1) is 0 Å². The molecule has 0 spiro atoms. The maximum Gasteiger partial charge on any atom is 0.340 e. The average Bonchev–Trinajstić information content (AvgIpc) is 2.18. The van der Waals surface area contributed by atoms with Crippen molar-refractivity contribution in [3.8, 4) is 0 Å². The lowest BCUT2D eigenvalue weighted by Gasteiger charge is -2.07. The third-order valence-corrected chi connectivity index (χ3v) is 2.50. The van der Waals surface area contributed by atoms with Gasteiger partial charge in [0, 0.05) is 6.20 Å². The van der Waals surface area contributed by atoms with Gasteiger partial charge in [-0.05, 0) is 34.0 Å². The fourth-order valence-electron chi connectivity index (χ4n) is 1.27. The molecule has 0 fully saturated rings. The zero-order valence-electron chi connectivity index (χ0n) is 8.21. The highest BCUT2D eigenvalue weighted by molar-refractivity contribution is 9.10. The van der Waals surface area contributed by atoms with Crippen LogP contribution >= 0.6 is 15.9 Å². The molecule has 76 valence electrons. The SMILES string of the molecule is CCCc1ccnc(Br)c1C(=O)OC. The van der Waals surface area contributed by atoms with E-state index >= 15 is 0 Å². The Kier molecular flexibility index (Phi) is 4.07. The van der Waals surface area contributed by atoms with Crippen LogP contribution in [0, 0.1) is 0 Å². The van der Waals surface area contributed by atoms with Gasteiger partial charge < -0.3 is 4.74 Å². The average molecular weight is 258 g/mol. The minimum Gasteiger partial charge on any atom is -0.465 e. The molecule has 14 heavy (non-hydrogen) atoms. The number of hydrogen-bond acceptors (Lipinski definition) is 3. The van der Waals surface area contributed by atoms with E-state index in [2.05, 4.69) is 27.8 Å². The summed E-state index contributed by atoms with van der Waals surface area (Å²) in [6, 6.07) is 1.85. The number of nitrogens with zero attached hydrogens (tertiary/aromatic N) is 1. The first-order valence-electron chi connectivity index (χ1n) is 4.42. The van der Waals surface area contributed by atoms with E-state index in [1.54, 1.807) is 6.20 Å². The van der Waals surface area contributed by atoms with Crippen LogP contribution in [0.15, 0.2) is 16.9 Å². The Morgan fingerprint density at radius 1 is 1.64 bits per heavy atom. The van der Waals surface area contributed by atoms with Gasteiger partial charge in [0.1, 0.15) is 4.60 Å². The molecule has 4 heteroatoms. The first-order chi connectivity index (χ1) is 6.70. The van der Waals surface area contributed by atoms with Crippen molar-refractivity contribution in [2.75, 3.05) is 7.11 Å². The molecule has 1 rings (SSSR count). The van der Waals surface area contributed by atoms with Gasteiger partial charge in [0.05, 0.1) is 12.7 Å². The molecule has 0 amide bonds. The molecule has 0 saturated carbocycles. The van der Waals surface area contributed by atoms with Crippen molar-refractivity contribution >= 4 is 21.9 Å². The second-order valence-electron chi connectivity index (χ2n) is 2.88. The third kappa shape index (κ3) is 2.32. The van der Waals surface area contributed by atoms with Gasteiger partial charge >= 0.3 is 5.97 Å². The number of ether oxygens (including phenoxy) is 1. The van der Waals surface area contributed by atoms with E-state index in [-0.39, 0.29) is 5.97 Å². The standard InChI is InChI=1S/C10H12BrNO2/c1-3-4-7-5-6-12-9(11)8(7)10(13)14-2/h5-6H,3-4H2,1-2H3. The number of carbonyl (C=O) groups excluding carboxylic acids is 1. The zero-order chi connectivity index (χ0) is 10.6. The van der Waals surface area contributed by atoms with Crippen LogP contribution in [0.2, 0.25) is 0 Å². The monoisotopic (exact) mass is 257 g/mol. The molecule has 0 saturated heterocycles. The molecule has 1 heterocycles. The Balaban J connectivity index is 3.15. The van der Waals surface area contributed by atoms with Crippen molar-refractivity contribution < 1.29 is 9.53 Å². The van der Waals surface area contributed by atoms with E-state index in [0.29, 0.717) is 10.2 Å². The van der Waals surface area contributed by atoms with Gasteiger partial charge in [-0.25, -0.2) is 9.78 Å². The van der Waals surface area contributed by atoms with Crippen LogP contribution in [-0.2, 0) is 11.2 Å². The van der Waals surface area contributed by atoms with Crippen LogP contribution in [0.25, 0.3) is 0 Å². The van der Waals surface area contributed by atoms with Crippen molar-refractivity contribution in [3.63, 3.8) is 0 Å². The van der Waals surface area contributed by atoms with Crippen LogP contribution in [0.3, 0.4) is 0 Å². The van der Waals surface area contributed by atoms with E-state index in [9.17, 15) is 4.79 Å². The molecule has 1 aromatic rings. The van der Waals surface area contributed by atoms with Crippen molar-refractivity contribution in [1.82, 2.24) is 4.98 Å². The molecular weight excluding hydrogens is 246 g/mol. The molecule has 0 radical (unpaired) electrons. The van der Waals surface area contributed by atoms with Gasteiger partial charge in [-0.3, -0.25) is 0 Å². The summed E-state index contributed by atoms with van der Waals surface area (Å²) in [5.74, 6) is -0.339. The maximum atomic E-state index is 11.4. The number of hydrogen-bond donors (Lipinski definition) is 0. The lowest BCUT2D eigenvalue weighted by atomic mass is 10.1. The number of methoxy groups -OCH3 is 1. The summed E-state index contributed by atoms with van der Waals surface area (Å²) in [5.41, 5.74) is 1.51. The van der Waals surface area contributed by atoms with Crippen LogP contribution in [0.5, 0.6) is 0 Å². The molecule has 0 aliphatic rings. The van der Waals surface area contributed by atoms with E-state index in [0.717, 1.165) is 18.4 Å². The van der Waals surface area contributed by atoms with Gasteiger partial charge in [-0.2, -0.15) is 0 Å². The first kappa shape index (κ1) is 11.2. The van der Waals surface area contributed by atoms with Crippen molar-refractivity contribution in [3.05, 3.63) is 28.0 Å². The molecule has 0 atom stereocenters. The number of aryl methyl sites for hydroxylation is 1. The van der Waals surface area contributed by atoms with Crippen LogP contribution < -0.4 is 0 Å². The van der Waals surface area contributed by atoms with Crippen LogP contribution in [0.4, 0.5) is 0 Å². The zero-order valence-corrected chi connectivity index (χ0v) is 9.80. The summed E-state index contributed by atoms with van der Waals surface area (Å²) in [5, 5.41) is 0. The Morgan fingerprint density at radius 3 is 2.93 bits per heavy atom. The molecule has 1 aromatic heterocycles. The Bertz CT molecular complexity index is 339. The van der Waals surface area contributed by atoms with Gasteiger partial charge in [0.15, 0.2) is 0 Å². The second kappa shape index (κ2) is 5.10. The maximum absolute atomic E-state index is 11.4. The van der Waals surface area contributed by atoms with E-state index in [1.807, 2.05) is 6.07 Å². The topological polar surface area (TPSA) is 39.2 Å². The lowest BCUT2D eigenvalue weighted by molar-refractivity contribution is 0.0598. The molecule has 0 aromatic carbocycles. The number of aromatic nitrogens is 1. The number of pyridine rings is 1. The van der Waals surface area contributed by atoms with Crippen molar-refractivity contribution in [2.24, 2.45) is 0 Å². The molecule has 0 aliphatic carbocycles. The fraction of sp³-hybridized carbons (Fsp3) is 0.400.